The maximum absolute atomic E-state index is 5.39. The van der Waals surface area contributed by atoms with Gasteiger partial charge in [0.2, 0.25) is 5.95 Å². The molecule has 0 aliphatic heterocycles. The van der Waals surface area contributed by atoms with E-state index in [0.29, 0.717) is 5.95 Å². The smallest absolute Gasteiger partial charge is 0.226 e. The van der Waals surface area contributed by atoms with Crippen LogP contribution in [0.5, 0.6) is 0 Å². The lowest BCUT2D eigenvalue weighted by Gasteiger charge is -2.08. The van der Waals surface area contributed by atoms with Crippen molar-refractivity contribution in [1.29, 1.82) is 0 Å². The van der Waals surface area contributed by atoms with Gasteiger partial charge in [-0.25, -0.2) is 9.97 Å². The number of aromatic nitrogens is 2. The average molecular weight is 287 g/mol. The van der Waals surface area contributed by atoms with Crippen molar-refractivity contribution in [2.75, 3.05) is 11.6 Å². The molecule has 0 aliphatic rings. The van der Waals surface area contributed by atoms with E-state index in [4.69, 9.17) is 12.2 Å². The van der Waals surface area contributed by atoms with Crippen LogP contribution >= 0.6 is 24.0 Å². The van der Waals surface area contributed by atoms with Gasteiger partial charge in [-0.2, -0.15) is 0 Å². The van der Waals surface area contributed by atoms with E-state index in [2.05, 4.69) is 15.3 Å². The van der Waals surface area contributed by atoms with Crippen molar-refractivity contribution in [3.63, 3.8) is 0 Å². The minimum atomic E-state index is 0.555. The molecule has 3 nitrogen and oxygen atoms in total. The van der Waals surface area contributed by atoms with Crippen LogP contribution in [0.25, 0.3) is 5.57 Å². The van der Waals surface area contributed by atoms with Gasteiger partial charge in [-0.15, -0.1) is 11.8 Å². The van der Waals surface area contributed by atoms with Crippen molar-refractivity contribution in [1.82, 2.24) is 9.97 Å². The fourth-order valence-corrected chi connectivity index (χ4v) is 2.07. The molecule has 0 radical (unpaired) electrons. The third-order valence-electron chi connectivity index (χ3n) is 2.40. The normalized spacial score (nSPS) is 11.1. The molecule has 0 amide bonds. The van der Waals surface area contributed by atoms with E-state index < -0.39 is 0 Å². The SMILES string of the molecule is CSC(=S)C(=CNc1ncccn1)c1ccccc1. The fraction of sp³-hybridized carbons (Fsp3) is 0.0714. The van der Waals surface area contributed by atoms with Gasteiger partial charge in [-0.3, -0.25) is 0 Å². The van der Waals surface area contributed by atoms with Crippen LogP contribution in [0.3, 0.4) is 0 Å². The minimum Gasteiger partial charge on any atom is -0.330 e. The van der Waals surface area contributed by atoms with E-state index in [1.165, 1.54) is 0 Å². The third-order valence-corrected chi connectivity index (χ3v) is 3.71. The lowest BCUT2D eigenvalue weighted by molar-refractivity contribution is 1.17. The molecular formula is C14H13N3S2. The highest BCUT2D eigenvalue weighted by Crippen LogP contribution is 2.21. The second-order valence-electron chi connectivity index (χ2n) is 3.63. The first kappa shape index (κ1) is 13.7. The van der Waals surface area contributed by atoms with Gasteiger partial charge >= 0.3 is 0 Å². The number of anilines is 1. The molecule has 0 saturated carbocycles. The Hall–Kier alpha value is -1.72. The maximum atomic E-state index is 5.39. The van der Waals surface area contributed by atoms with E-state index >= 15 is 0 Å². The number of hydrogen-bond donors (Lipinski definition) is 1. The van der Waals surface area contributed by atoms with Gasteiger partial charge in [0.1, 0.15) is 0 Å². The van der Waals surface area contributed by atoms with Gasteiger partial charge < -0.3 is 5.32 Å². The molecular weight excluding hydrogens is 274 g/mol. The molecule has 2 rings (SSSR count). The Labute approximate surface area is 122 Å². The lowest BCUT2D eigenvalue weighted by atomic mass is 10.1. The molecule has 1 heterocycles. The van der Waals surface area contributed by atoms with Gasteiger partial charge in [0, 0.05) is 24.2 Å². The van der Waals surface area contributed by atoms with Crippen molar-refractivity contribution in [2.24, 2.45) is 0 Å². The summed E-state index contributed by atoms with van der Waals surface area (Å²) in [4.78, 5) is 8.23. The fourth-order valence-electron chi connectivity index (χ4n) is 1.50. The Morgan fingerprint density at radius 3 is 2.47 bits per heavy atom. The molecule has 19 heavy (non-hydrogen) atoms. The molecule has 0 unspecified atom stereocenters. The third kappa shape index (κ3) is 3.87. The first-order valence-electron chi connectivity index (χ1n) is 5.68. The van der Waals surface area contributed by atoms with Crippen molar-refractivity contribution in [2.45, 2.75) is 0 Å². The molecule has 0 bridgehead atoms. The molecule has 1 aromatic heterocycles. The molecule has 1 aromatic carbocycles. The summed E-state index contributed by atoms with van der Waals surface area (Å²) >= 11 is 6.93. The van der Waals surface area contributed by atoms with Gasteiger partial charge in [0.25, 0.3) is 0 Å². The maximum Gasteiger partial charge on any atom is 0.226 e. The van der Waals surface area contributed by atoms with Crippen molar-refractivity contribution >= 4 is 39.7 Å². The van der Waals surface area contributed by atoms with E-state index in [-0.39, 0.29) is 0 Å². The summed E-state index contributed by atoms with van der Waals surface area (Å²) in [5.41, 5.74) is 2.04. The molecule has 0 spiro atoms. The van der Waals surface area contributed by atoms with Crippen molar-refractivity contribution in [3.8, 4) is 0 Å². The molecule has 96 valence electrons. The second kappa shape index (κ2) is 7.01. The Balaban J connectivity index is 2.26. The van der Waals surface area contributed by atoms with Crippen LogP contribution in [0.4, 0.5) is 5.95 Å². The molecule has 5 heteroatoms. The Morgan fingerprint density at radius 2 is 1.84 bits per heavy atom. The summed E-state index contributed by atoms with van der Waals surface area (Å²) in [7, 11) is 0. The van der Waals surface area contributed by atoms with Crippen LogP contribution in [-0.2, 0) is 0 Å². The van der Waals surface area contributed by atoms with Crippen LogP contribution in [-0.4, -0.2) is 20.4 Å². The van der Waals surface area contributed by atoms with Crippen LogP contribution in [0.1, 0.15) is 5.56 Å². The van der Waals surface area contributed by atoms with Gasteiger partial charge in [0.15, 0.2) is 0 Å². The summed E-state index contributed by atoms with van der Waals surface area (Å²) < 4.78 is 0.828. The highest BCUT2D eigenvalue weighted by molar-refractivity contribution is 8.24. The number of benzene rings is 1. The summed E-state index contributed by atoms with van der Waals surface area (Å²) in [6.07, 6.45) is 7.21. The standard InChI is InChI=1S/C14H13N3S2/c1-19-13(18)12(11-6-3-2-4-7-11)10-17-14-15-8-5-9-16-14/h2-10H,1H3,(H,15,16,17). The molecule has 1 N–H and O–H groups in total. The number of thioether (sulfide) groups is 1. The molecule has 0 saturated heterocycles. The highest BCUT2D eigenvalue weighted by Gasteiger charge is 2.06. The number of hydrogen-bond acceptors (Lipinski definition) is 5. The molecule has 0 fully saturated rings. The predicted octanol–water partition coefficient (Wildman–Crippen LogP) is 3.62. The lowest BCUT2D eigenvalue weighted by Crippen LogP contribution is -2.00. The summed E-state index contributed by atoms with van der Waals surface area (Å²) in [6, 6.07) is 11.8. The predicted molar refractivity (Wildman–Crippen MR) is 86.2 cm³/mol. The van der Waals surface area contributed by atoms with Crippen molar-refractivity contribution in [3.05, 3.63) is 60.6 Å². The Morgan fingerprint density at radius 1 is 1.16 bits per heavy atom. The zero-order valence-corrected chi connectivity index (χ0v) is 12.0. The van der Waals surface area contributed by atoms with Gasteiger partial charge in [-0.05, 0) is 17.9 Å². The first-order chi connectivity index (χ1) is 9.31. The zero-order chi connectivity index (χ0) is 13.5. The molecule has 2 aromatic rings. The van der Waals surface area contributed by atoms with Crippen LogP contribution in [0.15, 0.2) is 55.0 Å². The Bertz CT molecular complexity index is 568. The number of rotatable bonds is 4. The van der Waals surface area contributed by atoms with E-state index in [0.717, 1.165) is 15.3 Å². The topological polar surface area (TPSA) is 37.8 Å². The largest absolute Gasteiger partial charge is 0.330 e. The van der Waals surface area contributed by atoms with Gasteiger partial charge in [-0.1, -0.05) is 42.5 Å². The second-order valence-corrected chi connectivity index (χ2v) is 5.12. The van der Waals surface area contributed by atoms with Crippen LogP contribution < -0.4 is 5.32 Å². The number of nitrogens with one attached hydrogen (secondary N) is 1. The van der Waals surface area contributed by atoms with Crippen LogP contribution in [0, 0.1) is 0 Å². The average Bonchev–Trinajstić information content (AvgIpc) is 2.49. The minimum absolute atomic E-state index is 0.555. The zero-order valence-electron chi connectivity index (χ0n) is 10.4. The first-order valence-corrected chi connectivity index (χ1v) is 7.32. The van der Waals surface area contributed by atoms with Crippen LogP contribution in [0.2, 0.25) is 0 Å². The summed E-state index contributed by atoms with van der Waals surface area (Å²) in [5.74, 6) is 0.555. The quantitative estimate of drug-likeness (QED) is 0.687. The summed E-state index contributed by atoms with van der Waals surface area (Å²) in [6.45, 7) is 0. The van der Waals surface area contributed by atoms with E-state index in [9.17, 15) is 0 Å². The summed E-state index contributed by atoms with van der Waals surface area (Å²) in [5, 5.41) is 3.07. The number of thiocarbonyl (C=S) groups is 1. The van der Waals surface area contributed by atoms with E-state index in [1.54, 1.807) is 30.2 Å². The molecule has 0 aliphatic carbocycles. The van der Waals surface area contributed by atoms with E-state index in [1.807, 2.05) is 42.8 Å². The monoisotopic (exact) mass is 287 g/mol. The van der Waals surface area contributed by atoms with Crippen molar-refractivity contribution < 1.29 is 0 Å². The molecule has 0 atom stereocenters. The highest BCUT2D eigenvalue weighted by atomic mass is 32.2. The van der Waals surface area contributed by atoms with Gasteiger partial charge in [0.05, 0.1) is 4.20 Å². The number of nitrogens with zero attached hydrogens (tertiary/aromatic N) is 2. The Kier molecular flexibility index (Phi) is 5.06.